The van der Waals surface area contributed by atoms with Gasteiger partial charge in [-0.25, -0.2) is 0 Å². The molecule has 1 fully saturated rings. The monoisotopic (exact) mass is 286 g/mol. The van der Waals surface area contributed by atoms with Gasteiger partial charge in [0, 0.05) is 0 Å². The highest BCUT2D eigenvalue weighted by atomic mass is 16.7. The van der Waals surface area contributed by atoms with Crippen LogP contribution in [-0.2, 0) is 4.74 Å². The third-order valence-corrected chi connectivity index (χ3v) is 3.16. The summed E-state index contributed by atoms with van der Waals surface area (Å²) in [6, 6.07) is 6.55. The van der Waals surface area contributed by atoms with Crippen LogP contribution in [0.4, 0.5) is 0 Å². The van der Waals surface area contributed by atoms with E-state index in [1.807, 2.05) is 0 Å². The molecule has 2 rings (SSSR count). The number of methoxy groups -OCH3 is 1. The summed E-state index contributed by atoms with van der Waals surface area (Å²) in [7, 11) is 1.54. The fourth-order valence-electron chi connectivity index (χ4n) is 1.95. The molecule has 4 N–H and O–H groups in total. The van der Waals surface area contributed by atoms with E-state index in [2.05, 4.69) is 0 Å². The first-order chi connectivity index (χ1) is 9.56. The highest BCUT2D eigenvalue weighted by Crippen LogP contribution is 2.25. The van der Waals surface area contributed by atoms with Crippen molar-refractivity contribution >= 4 is 0 Å². The van der Waals surface area contributed by atoms with E-state index < -0.39 is 37.3 Å². The Balaban J connectivity index is 2.06. The fraction of sp³-hybridized carbons (Fsp3) is 0.538. The molecule has 1 saturated heterocycles. The number of ether oxygens (including phenoxy) is 3. The average molecular weight is 286 g/mol. The molecule has 0 saturated carbocycles. The van der Waals surface area contributed by atoms with Gasteiger partial charge in [0.25, 0.3) is 0 Å². The van der Waals surface area contributed by atoms with E-state index in [9.17, 15) is 15.3 Å². The molecule has 0 aliphatic carbocycles. The third-order valence-electron chi connectivity index (χ3n) is 3.16. The lowest BCUT2D eigenvalue weighted by Gasteiger charge is -2.39. The van der Waals surface area contributed by atoms with E-state index in [-0.39, 0.29) is 0 Å². The molecule has 1 aromatic carbocycles. The van der Waals surface area contributed by atoms with Crippen molar-refractivity contribution in [1.29, 1.82) is 0 Å². The number of aliphatic hydroxyl groups is 4. The summed E-state index contributed by atoms with van der Waals surface area (Å²) in [5, 5.41) is 38.2. The van der Waals surface area contributed by atoms with E-state index >= 15 is 0 Å². The average Bonchev–Trinajstić information content (AvgIpc) is 2.48. The summed E-state index contributed by atoms with van der Waals surface area (Å²) >= 11 is 0. The zero-order valence-electron chi connectivity index (χ0n) is 10.9. The Morgan fingerprint density at radius 2 is 1.60 bits per heavy atom. The molecule has 5 atom stereocenters. The summed E-state index contributed by atoms with van der Waals surface area (Å²) in [6.45, 7) is -0.493. The maximum Gasteiger partial charge on any atom is 0.229 e. The lowest BCUT2D eigenvalue weighted by molar-refractivity contribution is -0.277. The molecule has 112 valence electrons. The Bertz CT molecular complexity index is 419. The molecule has 0 aromatic heterocycles. The second-order valence-corrected chi connectivity index (χ2v) is 4.49. The van der Waals surface area contributed by atoms with Gasteiger partial charge in [-0.15, -0.1) is 0 Å². The normalized spacial score (nSPS) is 33.8. The zero-order chi connectivity index (χ0) is 14.7. The fourth-order valence-corrected chi connectivity index (χ4v) is 1.95. The molecule has 7 nitrogen and oxygen atoms in total. The smallest absolute Gasteiger partial charge is 0.229 e. The van der Waals surface area contributed by atoms with Crippen molar-refractivity contribution < 1.29 is 34.6 Å². The summed E-state index contributed by atoms with van der Waals surface area (Å²) in [5.41, 5.74) is 0. The van der Waals surface area contributed by atoms with Crippen molar-refractivity contribution in [3.63, 3.8) is 0 Å². The van der Waals surface area contributed by atoms with Crippen molar-refractivity contribution in [1.82, 2.24) is 0 Å². The highest BCUT2D eigenvalue weighted by molar-refractivity contribution is 5.31. The summed E-state index contributed by atoms with van der Waals surface area (Å²) < 4.78 is 15.6. The van der Waals surface area contributed by atoms with E-state index in [1.54, 1.807) is 24.3 Å². The summed E-state index contributed by atoms with van der Waals surface area (Å²) in [4.78, 5) is 0. The molecule has 0 radical (unpaired) electrons. The Hall–Kier alpha value is -1.38. The van der Waals surface area contributed by atoms with Crippen LogP contribution in [-0.4, -0.2) is 64.8 Å². The first kappa shape index (κ1) is 15.0. The van der Waals surface area contributed by atoms with Crippen LogP contribution in [0, 0.1) is 0 Å². The van der Waals surface area contributed by atoms with Crippen molar-refractivity contribution in [3.8, 4) is 11.5 Å². The Labute approximate surface area is 115 Å². The van der Waals surface area contributed by atoms with Crippen LogP contribution in [0.15, 0.2) is 24.3 Å². The predicted octanol–water partition coefficient (Wildman–Crippen LogP) is -1.13. The van der Waals surface area contributed by atoms with Gasteiger partial charge in [0.2, 0.25) is 6.29 Å². The maximum atomic E-state index is 9.82. The van der Waals surface area contributed by atoms with Gasteiger partial charge in [0.05, 0.1) is 13.7 Å². The second kappa shape index (κ2) is 6.38. The molecular weight excluding hydrogens is 268 g/mol. The van der Waals surface area contributed by atoms with Gasteiger partial charge in [-0.05, 0) is 24.3 Å². The van der Waals surface area contributed by atoms with Crippen molar-refractivity contribution in [2.75, 3.05) is 13.7 Å². The predicted molar refractivity (Wildman–Crippen MR) is 67.4 cm³/mol. The number of hydrogen-bond donors (Lipinski definition) is 4. The van der Waals surface area contributed by atoms with Crippen molar-refractivity contribution in [2.45, 2.75) is 30.7 Å². The molecule has 20 heavy (non-hydrogen) atoms. The number of hydrogen-bond acceptors (Lipinski definition) is 7. The van der Waals surface area contributed by atoms with Crippen molar-refractivity contribution in [2.24, 2.45) is 0 Å². The molecule has 1 aliphatic rings. The van der Waals surface area contributed by atoms with Crippen LogP contribution in [0.1, 0.15) is 0 Å². The first-order valence-corrected chi connectivity index (χ1v) is 6.18. The van der Waals surface area contributed by atoms with E-state index in [0.717, 1.165) is 0 Å². The van der Waals surface area contributed by atoms with Crippen LogP contribution in [0.5, 0.6) is 11.5 Å². The van der Waals surface area contributed by atoms with Gasteiger partial charge >= 0.3 is 0 Å². The molecule has 0 bridgehead atoms. The third kappa shape index (κ3) is 3.02. The van der Waals surface area contributed by atoms with Gasteiger partial charge in [-0.2, -0.15) is 0 Å². The minimum atomic E-state index is -1.45. The topological polar surface area (TPSA) is 109 Å². The van der Waals surface area contributed by atoms with Gasteiger partial charge in [0.1, 0.15) is 35.9 Å². The van der Waals surface area contributed by atoms with Crippen LogP contribution in [0.3, 0.4) is 0 Å². The minimum absolute atomic E-state index is 0.398. The summed E-state index contributed by atoms with van der Waals surface area (Å²) in [6.07, 6.45) is -6.44. The molecule has 0 spiro atoms. The quantitative estimate of drug-likeness (QED) is 0.555. The minimum Gasteiger partial charge on any atom is -0.497 e. The molecule has 0 amide bonds. The molecule has 1 heterocycles. The van der Waals surface area contributed by atoms with Crippen LogP contribution < -0.4 is 9.47 Å². The van der Waals surface area contributed by atoms with Crippen LogP contribution in [0.2, 0.25) is 0 Å². The molecule has 1 aromatic rings. The van der Waals surface area contributed by atoms with Gasteiger partial charge < -0.3 is 34.6 Å². The molecule has 0 unspecified atom stereocenters. The first-order valence-electron chi connectivity index (χ1n) is 6.18. The lowest BCUT2D eigenvalue weighted by Crippen LogP contribution is -2.60. The Morgan fingerprint density at radius 1 is 1.00 bits per heavy atom. The Kier molecular flexibility index (Phi) is 4.79. The number of aliphatic hydroxyl groups excluding tert-OH is 4. The maximum absolute atomic E-state index is 9.82. The van der Waals surface area contributed by atoms with Crippen LogP contribution in [0.25, 0.3) is 0 Å². The summed E-state index contributed by atoms with van der Waals surface area (Å²) in [5.74, 6) is 1.04. The van der Waals surface area contributed by atoms with Gasteiger partial charge in [-0.3, -0.25) is 0 Å². The van der Waals surface area contributed by atoms with Gasteiger partial charge in [-0.1, -0.05) is 0 Å². The number of benzene rings is 1. The zero-order valence-corrected chi connectivity index (χ0v) is 10.9. The largest absolute Gasteiger partial charge is 0.497 e. The highest BCUT2D eigenvalue weighted by Gasteiger charge is 2.44. The van der Waals surface area contributed by atoms with Crippen molar-refractivity contribution in [3.05, 3.63) is 24.3 Å². The van der Waals surface area contributed by atoms with Crippen LogP contribution >= 0.6 is 0 Å². The molecule has 7 heteroatoms. The Morgan fingerprint density at radius 3 is 2.15 bits per heavy atom. The second-order valence-electron chi connectivity index (χ2n) is 4.49. The van der Waals surface area contributed by atoms with E-state index in [0.29, 0.717) is 11.5 Å². The molecule has 1 aliphatic heterocycles. The van der Waals surface area contributed by atoms with E-state index in [4.69, 9.17) is 19.3 Å². The van der Waals surface area contributed by atoms with Gasteiger partial charge in [0.15, 0.2) is 0 Å². The number of rotatable bonds is 4. The lowest BCUT2D eigenvalue weighted by atomic mass is 9.99. The SMILES string of the molecule is COc1ccc(O[C@H]2O[C@H](CO)[C@@H](O)[C@H](O)[C@@H]2O)cc1. The molecular formula is C13H18O7. The van der Waals surface area contributed by atoms with E-state index in [1.165, 1.54) is 7.11 Å². The standard InChI is InChI=1S/C13H18O7/c1-18-7-2-4-8(5-3-7)19-13-12(17)11(16)10(15)9(6-14)20-13/h2-5,9-17H,6H2,1H3/t9-,10-,11+,12+,13+/m1/s1.